The second-order valence-electron chi connectivity index (χ2n) is 11.2. The molecule has 202 valence electrons. The molecule has 1 saturated heterocycles. The van der Waals surface area contributed by atoms with Crippen molar-refractivity contribution in [1.82, 2.24) is 20.5 Å². The zero-order chi connectivity index (χ0) is 27.7. The van der Waals surface area contributed by atoms with Crippen LogP contribution in [-0.2, 0) is 20.9 Å². The number of methoxy groups -OCH3 is 1. The minimum atomic E-state index is -1.03. The van der Waals surface area contributed by atoms with E-state index in [9.17, 15) is 19.6 Å². The molecule has 2 fully saturated rings. The second kappa shape index (κ2) is 10.7. The normalized spacial score (nSPS) is 18.8. The van der Waals surface area contributed by atoms with Crippen molar-refractivity contribution in [2.45, 2.75) is 72.0 Å². The van der Waals surface area contributed by atoms with E-state index in [2.05, 4.69) is 21.7 Å². The Bertz CT molecular complexity index is 1270. The predicted molar refractivity (Wildman–Crippen MR) is 144 cm³/mol. The van der Waals surface area contributed by atoms with Gasteiger partial charge in [0.25, 0.3) is 0 Å². The number of benzene rings is 1. The number of nitrogens with one attached hydrogen (secondary N) is 2. The van der Waals surface area contributed by atoms with Gasteiger partial charge in [-0.1, -0.05) is 32.9 Å². The van der Waals surface area contributed by atoms with E-state index < -0.39 is 28.8 Å². The van der Waals surface area contributed by atoms with E-state index >= 15 is 0 Å². The summed E-state index contributed by atoms with van der Waals surface area (Å²) in [5.74, 6) is -0.274. The smallest absolute Gasteiger partial charge is 0.246 e. The number of carbonyl (C=O) groups excluding carboxylic acids is 3. The third-order valence-corrected chi connectivity index (χ3v) is 8.35. The number of amides is 3. The highest BCUT2D eigenvalue weighted by Gasteiger charge is 2.53. The number of hydrogen-bond acceptors (Lipinski definition) is 7. The van der Waals surface area contributed by atoms with E-state index in [0.29, 0.717) is 38.0 Å². The number of aryl methyl sites for hydroxylation is 1. The van der Waals surface area contributed by atoms with Gasteiger partial charge < -0.3 is 20.3 Å². The number of nitriles is 1. The highest BCUT2D eigenvalue weighted by molar-refractivity contribution is 7.13. The van der Waals surface area contributed by atoms with Gasteiger partial charge in [0.05, 0.1) is 29.3 Å². The fourth-order valence-electron chi connectivity index (χ4n) is 4.81. The fourth-order valence-corrected chi connectivity index (χ4v) is 5.61. The van der Waals surface area contributed by atoms with Crippen LogP contribution in [0.25, 0.3) is 10.4 Å². The third kappa shape index (κ3) is 5.53. The maximum atomic E-state index is 13.7. The lowest BCUT2D eigenvalue weighted by molar-refractivity contribution is -0.144. The first-order valence-electron chi connectivity index (χ1n) is 12.9. The Hall–Kier alpha value is -3.45. The van der Waals surface area contributed by atoms with Gasteiger partial charge >= 0.3 is 0 Å². The largest absolute Gasteiger partial charge is 0.496 e. The summed E-state index contributed by atoms with van der Waals surface area (Å²) in [7, 11) is 1.60. The van der Waals surface area contributed by atoms with Crippen LogP contribution in [0.4, 0.5) is 0 Å². The van der Waals surface area contributed by atoms with Gasteiger partial charge in [0.2, 0.25) is 17.7 Å². The third-order valence-electron chi connectivity index (χ3n) is 7.37. The van der Waals surface area contributed by atoms with Gasteiger partial charge in [-0.15, -0.1) is 11.3 Å². The van der Waals surface area contributed by atoms with Crippen LogP contribution >= 0.6 is 11.3 Å². The van der Waals surface area contributed by atoms with E-state index in [-0.39, 0.29) is 18.4 Å². The van der Waals surface area contributed by atoms with Crippen molar-refractivity contribution in [3.05, 3.63) is 35.0 Å². The molecule has 2 aliphatic rings. The number of hydrogen-bond donors (Lipinski definition) is 2. The average molecular weight is 538 g/mol. The van der Waals surface area contributed by atoms with Gasteiger partial charge in [-0.2, -0.15) is 5.26 Å². The van der Waals surface area contributed by atoms with Crippen molar-refractivity contribution in [3.8, 4) is 22.3 Å². The highest BCUT2D eigenvalue weighted by atomic mass is 32.1. The van der Waals surface area contributed by atoms with E-state index in [1.165, 1.54) is 0 Å². The molecule has 0 radical (unpaired) electrons. The minimum Gasteiger partial charge on any atom is -0.496 e. The van der Waals surface area contributed by atoms with Crippen molar-refractivity contribution in [1.29, 1.82) is 5.26 Å². The highest BCUT2D eigenvalue weighted by Crippen LogP contribution is 2.45. The summed E-state index contributed by atoms with van der Waals surface area (Å²) in [5.41, 5.74) is 2.97. The average Bonchev–Trinajstić information content (AvgIpc) is 3.32. The number of thiazole rings is 1. The molecule has 1 aliphatic carbocycles. The molecule has 3 amide bonds. The summed E-state index contributed by atoms with van der Waals surface area (Å²) in [6, 6.07) is 6.48. The van der Waals surface area contributed by atoms with Crippen molar-refractivity contribution in [2.24, 2.45) is 10.8 Å². The Labute approximate surface area is 227 Å². The molecule has 2 heterocycles. The van der Waals surface area contributed by atoms with Crippen molar-refractivity contribution in [2.75, 3.05) is 13.7 Å². The lowest BCUT2D eigenvalue weighted by Gasteiger charge is -2.35. The second-order valence-corrected chi connectivity index (χ2v) is 12.0. The van der Waals surface area contributed by atoms with Crippen LogP contribution in [0.2, 0.25) is 0 Å². The lowest BCUT2D eigenvalue weighted by atomic mass is 9.85. The van der Waals surface area contributed by atoms with E-state index in [4.69, 9.17) is 4.74 Å². The van der Waals surface area contributed by atoms with E-state index in [0.717, 1.165) is 21.7 Å². The van der Waals surface area contributed by atoms with Crippen LogP contribution in [0.15, 0.2) is 23.7 Å². The monoisotopic (exact) mass is 537 g/mol. The molecule has 2 unspecified atom stereocenters. The summed E-state index contributed by atoms with van der Waals surface area (Å²) in [6.07, 6.45) is 2.25. The van der Waals surface area contributed by atoms with Crippen molar-refractivity contribution < 1.29 is 19.1 Å². The number of ether oxygens (including phenoxy) is 1. The zero-order valence-electron chi connectivity index (χ0n) is 22.6. The summed E-state index contributed by atoms with van der Waals surface area (Å²) in [6.45, 7) is 8.27. The summed E-state index contributed by atoms with van der Waals surface area (Å²) >= 11 is 1.56. The molecular formula is C28H35N5O4S. The summed E-state index contributed by atoms with van der Waals surface area (Å²) < 4.78 is 5.59. The molecule has 10 heteroatoms. The Morgan fingerprint density at radius 3 is 2.63 bits per heavy atom. The Kier molecular flexibility index (Phi) is 7.79. The van der Waals surface area contributed by atoms with E-state index in [1.807, 2.05) is 51.4 Å². The maximum absolute atomic E-state index is 13.7. The van der Waals surface area contributed by atoms with Gasteiger partial charge in [-0.3, -0.25) is 14.4 Å². The number of rotatable bonds is 8. The molecule has 9 nitrogen and oxygen atoms in total. The van der Waals surface area contributed by atoms with Crippen LogP contribution in [0.1, 0.15) is 57.7 Å². The van der Waals surface area contributed by atoms with Gasteiger partial charge in [0.15, 0.2) is 0 Å². The maximum Gasteiger partial charge on any atom is 0.246 e. The number of aromatic nitrogens is 1. The summed E-state index contributed by atoms with van der Waals surface area (Å²) in [4.78, 5) is 46.7. The molecule has 0 bridgehead atoms. The fraction of sp³-hybridized carbons (Fsp3) is 0.536. The van der Waals surface area contributed by atoms with Crippen LogP contribution < -0.4 is 15.4 Å². The zero-order valence-corrected chi connectivity index (χ0v) is 23.4. The molecular weight excluding hydrogens is 502 g/mol. The number of likely N-dealkylation sites (tertiary alicyclic amines) is 1. The van der Waals surface area contributed by atoms with Crippen molar-refractivity contribution >= 4 is 29.1 Å². The lowest BCUT2D eigenvalue weighted by Crippen LogP contribution is -2.58. The topological polar surface area (TPSA) is 124 Å². The predicted octanol–water partition coefficient (Wildman–Crippen LogP) is 3.57. The minimum absolute atomic E-state index is 0.241. The first kappa shape index (κ1) is 27.6. The quantitative estimate of drug-likeness (QED) is 0.531. The first-order valence-corrected chi connectivity index (χ1v) is 13.8. The molecule has 0 spiro atoms. The SMILES string of the molecule is COc1cc(-c2scnc2C)ccc1CNC(=O)C1CCCN1C(=O)C(NC(=O)C1(C#N)CC1)C(C)(C)C. The van der Waals surface area contributed by atoms with E-state index in [1.54, 1.807) is 23.3 Å². The Morgan fingerprint density at radius 2 is 2.05 bits per heavy atom. The van der Waals surface area contributed by atoms with Crippen LogP contribution in [0.3, 0.4) is 0 Å². The van der Waals surface area contributed by atoms with Crippen LogP contribution in [0.5, 0.6) is 5.75 Å². The van der Waals surface area contributed by atoms with Gasteiger partial charge in [0, 0.05) is 18.7 Å². The van der Waals surface area contributed by atoms with Gasteiger partial charge in [-0.25, -0.2) is 4.98 Å². The summed E-state index contributed by atoms with van der Waals surface area (Å²) in [5, 5.41) is 15.2. The van der Waals surface area contributed by atoms with Gasteiger partial charge in [-0.05, 0) is 49.7 Å². The van der Waals surface area contributed by atoms with Crippen molar-refractivity contribution in [3.63, 3.8) is 0 Å². The molecule has 1 saturated carbocycles. The molecule has 2 aromatic rings. The number of nitrogens with zero attached hydrogens (tertiary/aromatic N) is 3. The molecule has 2 N–H and O–H groups in total. The first-order chi connectivity index (χ1) is 18.0. The molecule has 38 heavy (non-hydrogen) atoms. The molecule has 1 aromatic heterocycles. The molecule has 1 aliphatic heterocycles. The number of carbonyl (C=O) groups is 3. The molecule has 4 rings (SSSR count). The van der Waals surface area contributed by atoms with Crippen LogP contribution in [0, 0.1) is 29.1 Å². The Balaban J connectivity index is 1.44. The standard InChI is InChI=1S/C28H35N5O4S/c1-17-22(38-16-31-17)18-8-9-19(21(13-18)37-5)14-30-24(34)20-7-6-12-33(20)25(35)23(27(2,3)4)32-26(36)28(15-29)10-11-28/h8-9,13,16,20,23H,6-7,10-12,14H2,1-5H3,(H,30,34)(H,32,36). The van der Waals surface area contributed by atoms with Crippen LogP contribution in [-0.4, -0.2) is 53.3 Å². The van der Waals surface area contributed by atoms with Gasteiger partial charge in [0.1, 0.15) is 23.2 Å². The Morgan fingerprint density at radius 1 is 1.32 bits per heavy atom. The molecule has 2 atom stereocenters. The molecule has 1 aromatic carbocycles.